The minimum absolute atomic E-state index is 0.0398. The summed E-state index contributed by atoms with van der Waals surface area (Å²) in [7, 11) is -3.10. The Hall–Kier alpha value is -0.870. The number of hydrogen-bond acceptors (Lipinski definition) is 3. The monoisotopic (exact) mass is 267 g/mol. The van der Waals surface area contributed by atoms with Crippen molar-refractivity contribution in [2.75, 3.05) is 12.3 Å². The van der Waals surface area contributed by atoms with E-state index >= 15 is 0 Å². The number of rotatable bonds is 2. The summed E-state index contributed by atoms with van der Waals surface area (Å²) in [6, 6.07) is 5.69. The molecule has 18 heavy (non-hydrogen) atoms. The van der Waals surface area contributed by atoms with E-state index in [0.29, 0.717) is 4.90 Å². The molecule has 1 aromatic rings. The van der Waals surface area contributed by atoms with E-state index in [1.54, 1.807) is 6.07 Å². The van der Waals surface area contributed by atoms with Crippen molar-refractivity contribution < 1.29 is 8.42 Å². The van der Waals surface area contributed by atoms with Crippen LogP contribution in [0.25, 0.3) is 0 Å². The van der Waals surface area contributed by atoms with Crippen molar-refractivity contribution >= 4 is 9.84 Å². The number of nitrogens with one attached hydrogen (secondary N) is 1. The molecule has 100 valence electrons. The van der Waals surface area contributed by atoms with Crippen LogP contribution in [0.1, 0.15) is 44.9 Å². The van der Waals surface area contributed by atoms with Gasteiger partial charge in [0, 0.05) is 6.04 Å². The van der Waals surface area contributed by atoms with Gasteiger partial charge in [0.1, 0.15) is 0 Å². The largest absolute Gasteiger partial charge is 0.309 e. The minimum Gasteiger partial charge on any atom is -0.309 e. The van der Waals surface area contributed by atoms with Gasteiger partial charge in [-0.3, -0.25) is 0 Å². The highest BCUT2D eigenvalue weighted by atomic mass is 32.2. The Kier molecular flexibility index (Phi) is 3.28. The fourth-order valence-corrected chi connectivity index (χ4v) is 4.14. The fourth-order valence-electron chi connectivity index (χ4n) is 2.38. The predicted molar refractivity (Wildman–Crippen MR) is 73.6 cm³/mol. The van der Waals surface area contributed by atoms with Crippen molar-refractivity contribution in [2.45, 2.75) is 44.0 Å². The first kappa shape index (κ1) is 13.6. The molecule has 1 heterocycles. The molecule has 1 N–H and O–H groups in total. The maximum absolute atomic E-state index is 12.1. The first-order chi connectivity index (χ1) is 8.25. The highest BCUT2D eigenvalue weighted by molar-refractivity contribution is 7.91. The lowest BCUT2D eigenvalue weighted by atomic mass is 9.85. The van der Waals surface area contributed by atoms with E-state index in [9.17, 15) is 8.42 Å². The summed E-state index contributed by atoms with van der Waals surface area (Å²) in [5.41, 5.74) is 2.16. The summed E-state index contributed by atoms with van der Waals surface area (Å²) in [6.07, 6.45) is 0. The maximum atomic E-state index is 12.1. The molecule has 0 spiro atoms. The van der Waals surface area contributed by atoms with Crippen LogP contribution in [-0.4, -0.2) is 20.7 Å². The van der Waals surface area contributed by atoms with Gasteiger partial charge in [-0.2, -0.15) is 0 Å². The number of benzene rings is 1. The summed E-state index contributed by atoms with van der Waals surface area (Å²) < 4.78 is 24.1. The molecule has 1 atom stereocenters. The van der Waals surface area contributed by atoms with Gasteiger partial charge >= 0.3 is 0 Å². The van der Waals surface area contributed by atoms with Crippen LogP contribution in [-0.2, 0) is 15.3 Å². The Labute approximate surface area is 110 Å². The van der Waals surface area contributed by atoms with Crippen molar-refractivity contribution in [3.8, 4) is 0 Å². The molecule has 0 saturated carbocycles. The Morgan fingerprint density at radius 1 is 1.33 bits per heavy atom. The second-order valence-corrected chi connectivity index (χ2v) is 7.90. The third kappa shape index (κ3) is 2.31. The molecular weight excluding hydrogens is 246 g/mol. The summed E-state index contributed by atoms with van der Waals surface area (Å²) in [5, 5.41) is 3.26. The van der Waals surface area contributed by atoms with Gasteiger partial charge in [-0.1, -0.05) is 39.8 Å². The lowest BCUT2D eigenvalue weighted by Gasteiger charge is -2.21. The normalized spacial score (nSPS) is 21.9. The molecule has 0 amide bonds. The first-order valence-corrected chi connectivity index (χ1v) is 8.01. The van der Waals surface area contributed by atoms with Crippen LogP contribution in [0.15, 0.2) is 23.1 Å². The zero-order valence-electron chi connectivity index (χ0n) is 11.4. The van der Waals surface area contributed by atoms with E-state index in [1.165, 1.54) is 5.56 Å². The van der Waals surface area contributed by atoms with E-state index in [4.69, 9.17) is 0 Å². The van der Waals surface area contributed by atoms with Crippen molar-refractivity contribution in [3.63, 3.8) is 0 Å². The average molecular weight is 267 g/mol. The molecule has 1 unspecified atom stereocenters. The molecule has 1 aliphatic rings. The van der Waals surface area contributed by atoms with Gasteiger partial charge in [-0.05, 0) is 29.2 Å². The molecule has 4 heteroatoms. The molecule has 0 fully saturated rings. The number of sulfone groups is 1. The van der Waals surface area contributed by atoms with Crippen LogP contribution in [0, 0.1) is 0 Å². The molecule has 0 aliphatic carbocycles. The molecule has 0 radical (unpaired) electrons. The van der Waals surface area contributed by atoms with Crippen LogP contribution >= 0.6 is 0 Å². The zero-order valence-corrected chi connectivity index (χ0v) is 12.3. The van der Waals surface area contributed by atoms with Crippen LogP contribution in [0.3, 0.4) is 0 Å². The highest BCUT2D eigenvalue weighted by Gasteiger charge is 2.34. The molecule has 0 aromatic heterocycles. The van der Waals surface area contributed by atoms with Crippen LogP contribution in [0.5, 0.6) is 0 Å². The van der Waals surface area contributed by atoms with Gasteiger partial charge in [-0.25, -0.2) is 8.42 Å². The van der Waals surface area contributed by atoms with E-state index in [1.807, 2.05) is 19.1 Å². The highest BCUT2D eigenvalue weighted by Crippen LogP contribution is 2.36. The van der Waals surface area contributed by atoms with Gasteiger partial charge in [0.15, 0.2) is 9.84 Å². The molecule has 1 aliphatic heterocycles. The van der Waals surface area contributed by atoms with Crippen molar-refractivity contribution in [3.05, 3.63) is 29.3 Å². The molecule has 0 bridgehead atoms. The molecule has 2 rings (SSSR count). The minimum atomic E-state index is -3.10. The Bertz CT molecular complexity index is 556. The number of hydrogen-bond donors (Lipinski definition) is 1. The SMILES string of the molecule is CCNC1CS(=O)(=O)c2ccc(C(C)(C)C)cc21. The van der Waals surface area contributed by atoms with Gasteiger partial charge in [0.05, 0.1) is 10.6 Å². The molecule has 1 aromatic carbocycles. The van der Waals surface area contributed by atoms with E-state index in [-0.39, 0.29) is 17.2 Å². The van der Waals surface area contributed by atoms with Gasteiger partial charge in [-0.15, -0.1) is 0 Å². The van der Waals surface area contributed by atoms with Crippen molar-refractivity contribution in [1.29, 1.82) is 0 Å². The second kappa shape index (κ2) is 4.35. The van der Waals surface area contributed by atoms with Crippen molar-refractivity contribution in [1.82, 2.24) is 5.32 Å². The predicted octanol–water partition coefficient (Wildman–Crippen LogP) is 2.42. The van der Waals surface area contributed by atoms with Crippen LogP contribution in [0.4, 0.5) is 0 Å². The van der Waals surface area contributed by atoms with Crippen LogP contribution < -0.4 is 5.32 Å². The van der Waals surface area contributed by atoms with E-state index in [0.717, 1.165) is 12.1 Å². The fraction of sp³-hybridized carbons (Fsp3) is 0.571. The van der Waals surface area contributed by atoms with E-state index in [2.05, 4.69) is 26.1 Å². The Balaban J connectivity index is 2.54. The van der Waals surface area contributed by atoms with Gasteiger partial charge in [0.25, 0.3) is 0 Å². The van der Waals surface area contributed by atoms with Crippen LogP contribution in [0.2, 0.25) is 0 Å². The van der Waals surface area contributed by atoms with Crippen molar-refractivity contribution in [2.24, 2.45) is 0 Å². The van der Waals surface area contributed by atoms with Gasteiger partial charge < -0.3 is 5.32 Å². The second-order valence-electron chi connectivity index (χ2n) is 5.89. The summed E-state index contributed by atoms with van der Waals surface area (Å²) in [6.45, 7) is 9.19. The zero-order chi connectivity index (χ0) is 13.6. The Morgan fingerprint density at radius 2 is 2.00 bits per heavy atom. The topological polar surface area (TPSA) is 46.2 Å². The number of fused-ring (bicyclic) bond motifs is 1. The Morgan fingerprint density at radius 3 is 2.56 bits per heavy atom. The van der Waals surface area contributed by atoms with E-state index < -0.39 is 9.84 Å². The smallest absolute Gasteiger partial charge is 0.180 e. The molecule has 3 nitrogen and oxygen atoms in total. The summed E-state index contributed by atoms with van der Waals surface area (Å²) >= 11 is 0. The maximum Gasteiger partial charge on any atom is 0.180 e. The average Bonchev–Trinajstić information content (AvgIpc) is 2.50. The lowest BCUT2D eigenvalue weighted by Crippen LogP contribution is -2.22. The summed E-state index contributed by atoms with van der Waals surface area (Å²) in [5.74, 6) is 0.184. The lowest BCUT2D eigenvalue weighted by molar-refractivity contribution is 0.573. The standard InChI is InChI=1S/C14H21NO2S/c1-5-15-12-9-18(16,17)13-7-6-10(8-11(12)13)14(2,3)4/h6-8,12,15H,5,9H2,1-4H3. The first-order valence-electron chi connectivity index (χ1n) is 6.36. The third-order valence-electron chi connectivity index (χ3n) is 3.42. The summed E-state index contributed by atoms with van der Waals surface area (Å²) in [4.78, 5) is 0.501. The molecule has 0 saturated heterocycles. The van der Waals surface area contributed by atoms with Gasteiger partial charge in [0.2, 0.25) is 0 Å². The third-order valence-corrected chi connectivity index (χ3v) is 5.24. The molecular formula is C14H21NO2S. The quantitative estimate of drug-likeness (QED) is 0.895.